The second-order valence-electron chi connectivity index (χ2n) is 7.05. The van der Waals surface area contributed by atoms with Crippen LogP contribution in [0.25, 0.3) is 27.7 Å². The molecule has 0 atom stereocenters. The smallest absolute Gasteiger partial charge is 0.212 e. The normalized spacial score (nSPS) is 11.5. The molecule has 5 aromatic rings. The standard InChI is InChI=1S/C21H15F3N6O/c1-29-10-13(8-26-29)17-18(22)19(23)21-28-27-16(30(21)20(17)24)6-11-3-4-15-12(5-11)7-14(31-2)9-25-15/h3-5,7-10H,6H2,1-2H3. The molecule has 156 valence electrons. The molecule has 0 radical (unpaired) electrons. The van der Waals surface area contributed by atoms with Gasteiger partial charge in [-0.15, -0.1) is 10.2 Å². The third-order valence-corrected chi connectivity index (χ3v) is 5.05. The lowest BCUT2D eigenvalue weighted by Gasteiger charge is -2.09. The van der Waals surface area contributed by atoms with Crippen LogP contribution in [0, 0.1) is 17.6 Å². The molecule has 5 rings (SSSR count). The second-order valence-corrected chi connectivity index (χ2v) is 7.05. The Labute approximate surface area is 173 Å². The van der Waals surface area contributed by atoms with Crippen LogP contribution in [0.5, 0.6) is 5.75 Å². The zero-order valence-corrected chi connectivity index (χ0v) is 16.5. The minimum atomic E-state index is -1.33. The van der Waals surface area contributed by atoms with Crippen molar-refractivity contribution in [1.29, 1.82) is 0 Å². The minimum Gasteiger partial charge on any atom is -0.495 e. The van der Waals surface area contributed by atoms with E-state index >= 15 is 4.39 Å². The van der Waals surface area contributed by atoms with Crippen molar-refractivity contribution < 1.29 is 17.9 Å². The third kappa shape index (κ3) is 3.07. The topological polar surface area (TPSA) is 70.1 Å². The molecule has 0 saturated carbocycles. The first-order chi connectivity index (χ1) is 15.0. The molecule has 0 aliphatic carbocycles. The number of pyridine rings is 2. The molecule has 0 bridgehead atoms. The molecule has 0 spiro atoms. The van der Waals surface area contributed by atoms with Gasteiger partial charge in [0.15, 0.2) is 5.82 Å². The third-order valence-electron chi connectivity index (χ3n) is 5.05. The van der Waals surface area contributed by atoms with Crippen molar-refractivity contribution in [3.63, 3.8) is 0 Å². The van der Waals surface area contributed by atoms with Crippen LogP contribution in [-0.2, 0) is 13.5 Å². The summed E-state index contributed by atoms with van der Waals surface area (Å²) >= 11 is 0. The second kappa shape index (κ2) is 7.08. The van der Waals surface area contributed by atoms with Gasteiger partial charge >= 0.3 is 0 Å². The fourth-order valence-electron chi connectivity index (χ4n) is 3.55. The van der Waals surface area contributed by atoms with Crippen molar-refractivity contribution in [2.24, 2.45) is 7.05 Å². The fourth-order valence-corrected chi connectivity index (χ4v) is 3.55. The van der Waals surface area contributed by atoms with Crippen LogP contribution in [-0.4, -0.2) is 36.5 Å². The van der Waals surface area contributed by atoms with E-state index in [0.29, 0.717) is 5.75 Å². The van der Waals surface area contributed by atoms with Gasteiger partial charge in [0.1, 0.15) is 11.6 Å². The number of methoxy groups -OCH3 is 1. The van der Waals surface area contributed by atoms with Crippen LogP contribution in [0.2, 0.25) is 0 Å². The van der Waals surface area contributed by atoms with Crippen LogP contribution >= 0.6 is 0 Å². The largest absolute Gasteiger partial charge is 0.495 e. The Hall–Kier alpha value is -3.95. The summed E-state index contributed by atoms with van der Waals surface area (Å²) in [7, 11) is 3.15. The molecule has 0 fully saturated rings. The van der Waals surface area contributed by atoms with Gasteiger partial charge in [-0.05, 0) is 23.8 Å². The summed E-state index contributed by atoms with van der Waals surface area (Å²) in [5.74, 6) is -2.87. The van der Waals surface area contributed by atoms with Gasteiger partial charge in [0.05, 0.1) is 30.6 Å². The Morgan fingerprint density at radius 1 is 1.03 bits per heavy atom. The minimum absolute atomic E-state index is 0.113. The Morgan fingerprint density at radius 3 is 2.61 bits per heavy atom. The van der Waals surface area contributed by atoms with Gasteiger partial charge in [0.25, 0.3) is 0 Å². The van der Waals surface area contributed by atoms with Crippen molar-refractivity contribution in [3.8, 4) is 16.9 Å². The van der Waals surface area contributed by atoms with Crippen LogP contribution in [0.4, 0.5) is 13.2 Å². The van der Waals surface area contributed by atoms with Gasteiger partial charge in [-0.25, -0.2) is 4.39 Å². The van der Waals surface area contributed by atoms with E-state index in [0.717, 1.165) is 20.9 Å². The highest BCUT2D eigenvalue weighted by Gasteiger charge is 2.26. The molecule has 7 nitrogen and oxygen atoms in total. The maximum Gasteiger partial charge on any atom is 0.212 e. The number of halogens is 3. The van der Waals surface area contributed by atoms with E-state index in [1.54, 1.807) is 20.4 Å². The number of benzene rings is 1. The fraction of sp³-hybridized carbons (Fsp3) is 0.143. The molecule has 4 aromatic heterocycles. The predicted octanol–water partition coefficient (Wildman–Crippen LogP) is 3.69. The molecule has 0 saturated heterocycles. The Bertz CT molecular complexity index is 1460. The number of hydrogen-bond donors (Lipinski definition) is 0. The van der Waals surface area contributed by atoms with Gasteiger partial charge in [0, 0.05) is 30.6 Å². The van der Waals surface area contributed by atoms with Crippen molar-refractivity contribution in [2.45, 2.75) is 6.42 Å². The average molecular weight is 424 g/mol. The van der Waals surface area contributed by atoms with Gasteiger partial charge in [-0.2, -0.15) is 13.9 Å². The van der Waals surface area contributed by atoms with Gasteiger partial charge in [0.2, 0.25) is 17.4 Å². The van der Waals surface area contributed by atoms with Crippen molar-refractivity contribution in [2.75, 3.05) is 7.11 Å². The van der Waals surface area contributed by atoms with E-state index in [9.17, 15) is 8.78 Å². The predicted molar refractivity (Wildman–Crippen MR) is 106 cm³/mol. The number of fused-ring (bicyclic) bond motifs is 2. The Morgan fingerprint density at radius 2 is 1.87 bits per heavy atom. The summed E-state index contributed by atoms with van der Waals surface area (Å²) in [4.78, 5) is 4.31. The Balaban J connectivity index is 1.64. The summed E-state index contributed by atoms with van der Waals surface area (Å²) in [6.45, 7) is 0. The highest BCUT2D eigenvalue weighted by Crippen LogP contribution is 2.30. The lowest BCUT2D eigenvalue weighted by Crippen LogP contribution is -2.07. The SMILES string of the molecule is COc1cnc2ccc(Cc3nnc4c(F)c(F)c(-c5cnn(C)c5)c(F)n34)cc2c1. The number of aromatic nitrogens is 6. The molecule has 0 unspecified atom stereocenters. The first-order valence-electron chi connectivity index (χ1n) is 9.28. The van der Waals surface area contributed by atoms with E-state index in [2.05, 4.69) is 20.3 Å². The zero-order valence-electron chi connectivity index (χ0n) is 16.5. The van der Waals surface area contributed by atoms with Crippen molar-refractivity contribution in [3.05, 3.63) is 71.8 Å². The summed E-state index contributed by atoms with van der Waals surface area (Å²) < 4.78 is 52.1. The van der Waals surface area contributed by atoms with Gasteiger partial charge in [-0.1, -0.05) is 6.07 Å². The van der Waals surface area contributed by atoms with E-state index in [1.165, 1.54) is 17.1 Å². The van der Waals surface area contributed by atoms with E-state index in [1.807, 2.05) is 24.3 Å². The summed E-state index contributed by atoms with van der Waals surface area (Å²) in [6, 6.07) is 7.29. The molecule has 0 amide bonds. The van der Waals surface area contributed by atoms with Crippen molar-refractivity contribution in [1.82, 2.24) is 29.4 Å². The first kappa shape index (κ1) is 19.0. The lowest BCUT2D eigenvalue weighted by molar-refractivity contribution is 0.414. The van der Waals surface area contributed by atoms with Gasteiger partial charge in [-0.3, -0.25) is 14.1 Å². The number of rotatable bonds is 4. The van der Waals surface area contributed by atoms with Crippen LogP contribution in [0.1, 0.15) is 11.4 Å². The van der Waals surface area contributed by atoms with E-state index < -0.39 is 28.8 Å². The molecule has 4 heterocycles. The van der Waals surface area contributed by atoms with E-state index in [-0.39, 0.29) is 17.8 Å². The molecular formula is C21H15F3N6O. The molecular weight excluding hydrogens is 409 g/mol. The molecule has 31 heavy (non-hydrogen) atoms. The highest BCUT2D eigenvalue weighted by atomic mass is 19.2. The number of nitrogens with zero attached hydrogens (tertiary/aromatic N) is 6. The van der Waals surface area contributed by atoms with Crippen molar-refractivity contribution >= 4 is 16.6 Å². The molecule has 0 N–H and O–H groups in total. The first-order valence-corrected chi connectivity index (χ1v) is 9.28. The monoisotopic (exact) mass is 424 g/mol. The Kier molecular flexibility index (Phi) is 4.35. The number of aryl methyl sites for hydroxylation is 1. The number of hydrogen-bond acceptors (Lipinski definition) is 5. The maximum absolute atomic E-state index is 15.4. The maximum atomic E-state index is 15.4. The summed E-state index contributed by atoms with van der Waals surface area (Å²) in [5.41, 5.74) is 0.605. The molecule has 0 aliphatic rings. The molecule has 0 aliphatic heterocycles. The summed E-state index contributed by atoms with van der Waals surface area (Å²) in [5, 5.41) is 12.3. The molecule has 1 aromatic carbocycles. The van der Waals surface area contributed by atoms with Crippen LogP contribution in [0.15, 0.2) is 42.9 Å². The quantitative estimate of drug-likeness (QED) is 0.412. The zero-order chi connectivity index (χ0) is 21.7. The summed E-state index contributed by atoms with van der Waals surface area (Å²) in [6.07, 6.45) is 4.42. The molecule has 10 heteroatoms. The van der Waals surface area contributed by atoms with Crippen LogP contribution in [0.3, 0.4) is 0 Å². The average Bonchev–Trinajstić information content (AvgIpc) is 3.38. The number of ether oxygens (including phenoxy) is 1. The van der Waals surface area contributed by atoms with Crippen LogP contribution < -0.4 is 4.74 Å². The lowest BCUT2D eigenvalue weighted by atomic mass is 10.1. The highest BCUT2D eigenvalue weighted by molar-refractivity contribution is 5.80. The van der Waals surface area contributed by atoms with Gasteiger partial charge < -0.3 is 4.74 Å². The van der Waals surface area contributed by atoms with E-state index in [4.69, 9.17) is 4.74 Å².